The Morgan fingerprint density at radius 2 is 2.06 bits per heavy atom. The van der Waals surface area contributed by atoms with E-state index >= 15 is 0 Å². The lowest BCUT2D eigenvalue weighted by Crippen LogP contribution is -2.43. The molecule has 1 aromatic rings. The SMILES string of the molecule is CC1(C)SC(c2ccc(C#N)cc2)N[C@H]1C(=O)O. The van der Waals surface area contributed by atoms with Gasteiger partial charge in [0.05, 0.1) is 17.0 Å². The normalized spacial score (nSPS) is 25.6. The van der Waals surface area contributed by atoms with E-state index in [1.807, 2.05) is 26.0 Å². The smallest absolute Gasteiger partial charge is 0.322 e. The second-order valence-corrected chi connectivity index (χ2v) is 6.53. The molecule has 1 saturated heterocycles. The summed E-state index contributed by atoms with van der Waals surface area (Å²) < 4.78 is -0.357. The van der Waals surface area contributed by atoms with Crippen LogP contribution < -0.4 is 5.32 Å². The molecule has 2 atom stereocenters. The predicted octanol–water partition coefficient (Wildman–Crippen LogP) is 2.13. The molecular weight excluding hydrogens is 248 g/mol. The number of carboxylic acid groups (broad SMARTS) is 1. The lowest BCUT2D eigenvalue weighted by atomic mass is 10.0. The minimum Gasteiger partial charge on any atom is -0.480 e. The Morgan fingerprint density at radius 3 is 2.50 bits per heavy atom. The molecule has 0 radical (unpaired) electrons. The van der Waals surface area contributed by atoms with Gasteiger partial charge in [0.25, 0.3) is 0 Å². The Kier molecular flexibility index (Phi) is 3.33. The first kappa shape index (κ1) is 12.9. The number of benzene rings is 1. The van der Waals surface area contributed by atoms with Crippen LogP contribution in [0.3, 0.4) is 0 Å². The summed E-state index contributed by atoms with van der Waals surface area (Å²) in [5, 5.41) is 21.0. The van der Waals surface area contributed by atoms with Gasteiger partial charge in [-0.2, -0.15) is 5.26 Å². The number of hydrogen-bond acceptors (Lipinski definition) is 4. The molecule has 1 heterocycles. The predicted molar refractivity (Wildman–Crippen MR) is 70.1 cm³/mol. The van der Waals surface area contributed by atoms with Crippen LogP contribution in [0.4, 0.5) is 0 Å². The van der Waals surface area contributed by atoms with Crippen molar-refractivity contribution >= 4 is 17.7 Å². The number of hydrogen-bond donors (Lipinski definition) is 2. The zero-order valence-corrected chi connectivity index (χ0v) is 11.0. The number of carboxylic acids is 1. The molecule has 18 heavy (non-hydrogen) atoms. The van der Waals surface area contributed by atoms with E-state index in [0.717, 1.165) is 5.56 Å². The van der Waals surface area contributed by atoms with Gasteiger partial charge < -0.3 is 5.11 Å². The van der Waals surface area contributed by atoms with Gasteiger partial charge in [-0.3, -0.25) is 10.1 Å². The molecule has 1 fully saturated rings. The van der Waals surface area contributed by atoms with Crippen LogP contribution in [0.1, 0.15) is 30.3 Å². The summed E-state index contributed by atoms with van der Waals surface area (Å²) in [6.07, 6.45) is 0. The van der Waals surface area contributed by atoms with Gasteiger partial charge in [-0.15, -0.1) is 11.8 Å². The molecule has 2 N–H and O–H groups in total. The van der Waals surface area contributed by atoms with Crippen LogP contribution in [0.5, 0.6) is 0 Å². The Balaban J connectivity index is 2.21. The molecule has 2 rings (SSSR count). The van der Waals surface area contributed by atoms with Crippen LogP contribution in [-0.2, 0) is 4.79 Å². The van der Waals surface area contributed by atoms with Crippen LogP contribution in [0, 0.1) is 11.3 Å². The zero-order valence-electron chi connectivity index (χ0n) is 10.2. The maximum Gasteiger partial charge on any atom is 0.322 e. The number of rotatable bonds is 2. The summed E-state index contributed by atoms with van der Waals surface area (Å²) in [7, 11) is 0. The van der Waals surface area contributed by atoms with Crippen LogP contribution in [0.25, 0.3) is 0 Å². The molecule has 0 amide bonds. The summed E-state index contributed by atoms with van der Waals surface area (Å²) in [6.45, 7) is 3.85. The van der Waals surface area contributed by atoms with Crippen LogP contribution in [0.15, 0.2) is 24.3 Å². The highest BCUT2D eigenvalue weighted by molar-refractivity contribution is 8.01. The van der Waals surface area contributed by atoms with E-state index < -0.39 is 12.0 Å². The molecule has 4 nitrogen and oxygen atoms in total. The monoisotopic (exact) mass is 262 g/mol. The number of thioether (sulfide) groups is 1. The average Bonchev–Trinajstić information content (AvgIpc) is 2.65. The third-order valence-corrected chi connectivity index (χ3v) is 4.51. The highest BCUT2D eigenvalue weighted by atomic mass is 32.2. The van der Waals surface area contributed by atoms with E-state index in [2.05, 4.69) is 11.4 Å². The van der Waals surface area contributed by atoms with Crippen molar-refractivity contribution in [2.75, 3.05) is 0 Å². The van der Waals surface area contributed by atoms with Crippen molar-refractivity contribution in [3.8, 4) is 6.07 Å². The summed E-state index contributed by atoms with van der Waals surface area (Å²) in [6, 6.07) is 8.73. The van der Waals surface area contributed by atoms with Crippen LogP contribution in [-0.4, -0.2) is 21.9 Å². The highest BCUT2D eigenvalue weighted by Crippen LogP contribution is 2.45. The maximum absolute atomic E-state index is 11.2. The van der Waals surface area contributed by atoms with Crippen molar-refractivity contribution in [3.05, 3.63) is 35.4 Å². The Labute approximate surface area is 110 Å². The fourth-order valence-electron chi connectivity index (χ4n) is 2.02. The van der Waals surface area contributed by atoms with Crippen molar-refractivity contribution in [1.82, 2.24) is 5.32 Å². The molecule has 0 aromatic heterocycles. The molecule has 0 saturated carbocycles. The molecular formula is C13H14N2O2S. The third kappa shape index (κ3) is 2.35. The second-order valence-electron chi connectivity index (χ2n) is 4.77. The van der Waals surface area contributed by atoms with Crippen LogP contribution in [0.2, 0.25) is 0 Å². The second kappa shape index (κ2) is 4.63. The minimum atomic E-state index is -0.830. The number of nitrogens with zero attached hydrogens (tertiary/aromatic N) is 1. The molecule has 0 spiro atoms. The zero-order chi connectivity index (χ0) is 13.3. The first-order valence-electron chi connectivity index (χ1n) is 5.61. The van der Waals surface area contributed by atoms with Gasteiger partial charge in [0, 0.05) is 4.75 Å². The Morgan fingerprint density at radius 1 is 1.44 bits per heavy atom. The van der Waals surface area contributed by atoms with E-state index in [4.69, 9.17) is 5.26 Å². The van der Waals surface area contributed by atoms with Gasteiger partial charge >= 0.3 is 5.97 Å². The fraction of sp³-hybridized carbons (Fsp3) is 0.385. The van der Waals surface area contributed by atoms with Crippen molar-refractivity contribution in [2.45, 2.75) is 30.0 Å². The summed E-state index contributed by atoms with van der Waals surface area (Å²) in [5.74, 6) is -0.830. The van der Waals surface area contributed by atoms with E-state index in [9.17, 15) is 9.90 Å². The number of nitrogens with one attached hydrogen (secondary N) is 1. The molecule has 1 aliphatic heterocycles. The summed E-state index contributed by atoms with van der Waals surface area (Å²) in [4.78, 5) is 11.2. The number of carbonyl (C=O) groups is 1. The standard InChI is InChI=1S/C13H14N2O2S/c1-13(2)10(12(16)17)15-11(18-13)9-5-3-8(7-14)4-6-9/h3-6,10-11,15H,1-2H3,(H,16,17)/t10-,11?/m0/s1. The lowest BCUT2D eigenvalue weighted by molar-refractivity contribution is -0.139. The first-order chi connectivity index (χ1) is 8.44. The van der Waals surface area contributed by atoms with Gasteiger partial charge in [0.2, 0.25) is 0 Å². The van der Waals surface area contributed by atoms with Gasteiger partial charge in [0.1, 0.15) is 6.04 Å². The molecule has 0 aliphatic carbocycles. The Hall–Kier alpha value is -1.51. The van der Waals surface area contributed by atoms with Gasteiger partial charge in [-0.1, -0.05) is 12.1 Å². The van der Waals surface area contributed by atoms with Gasteiger partial charge in [-0.05, 0) is 31.5 Å². The highest BCUT2D eigenvalue weighted by Gasteiger charge is 2.45. The van der Waals surface area contributed by atoms with Crippen molar-refractivity contribution in [2.24, 2.45) is 0 Å². The molecule has 0 bridgehead atoms. The summed E-state index contributed by atoms with van der Waals surface area (Å²) >= 11 is 1.60. The van der Waals surface area contributed by atoms with Crippen molar-refractivity contribution in [3.63, 3.8) is 0 Å². The largest absolute Gasteiger partial charge is 0.480 e. The van der Waals surface area contributed by atoms with Gasteiger partial charge in [-0.25, -0.2) is 0 Å². The topological polar surface area (TPSA) is 73.1 Å². The summed E-state index contributed by atoms with van der Waals surface area (Å²) in [5.41, 5.74) is 1.60. The van der Waals surface area contributed by atoms with Crippen LogP contribution >= 0.6 is 11.8 Å². The fourth-order valence-corrected chi connectivity index (χ4v) is 3.43. The molecule has 1 aliphatic rings. The van der Waals surface area contributed by atoms with E-state index in [1.54, 1.807) is 23.9 Å². The maximum atomic E-state index is 11.2. The third-order valence-electron chi connectivity index (χ3n) is 3.02. The van der Waals surface area contributed by atoms with Crippen molar-refractivity contribution in [1.29, 1.82) is 5.26 Å². The molecule has 5 heteroatoms. The minimum absolute atomic E-state index is 0.0474. The van der Waals surface area contributed by atoms with E-state index in [-0.39, 0.29) is 10.1 Å². The first-order valence-corrected chi connectivity index (χ1v) is 6.49. The lowest BCUT2D eigenvalue weighted by Gasteiger charge is -2.20. The number of nitriles is 1. The Bertz CT molecular complexity index is 505. The molecule has 1 aromatic carbocycles. The van der Waals surface area contributed by atoms with Gasteiger partial charge in [0.15, 0.2) is 0 Å². The van der Waals surface area contributed by atoms with Crippen molar-refractivity contribution < 1.29 is 9.90 Å². The van der Waals surface area contributed by atoms with E-state index in [0.29, 0.717) is 5.56 Å². The molecule has 94 valence electrons. The molecule has 1 unspecified atom stereocenters. The van der Waals surface area contributed by atoms with E-state index in [1.165, 1.54) is 0 Å². The number of aliphatic carboxylic acids is 1. The quantitative estimate of drug-likeness (QED) is 0.854. The average molecular weight is 262 g/mol.